The van der Waals surface area contributed by atoms with Gasteiger partial charge in [0, 0.05) is 23.4 Å². The van der Waals surface area contributed by atoms with Crippen LogP contribution in [0.4, 0.5) is 0 Å². The lowest BCUT2D eigenvalue weighted by Crippen LogP contribution is -2.52. The molecular weight excluding hydrogens is 440 g/mol. The van der Waals surface area contributed by atoms with Gasteiger partial charge < -0.3 is 9.80 Å². The number of unbranched alkanes of at least 4 members (excludes halogenated alkanes) is 6. The van der Waals surface area contributed by atoms with Gasteiger partial charge in [0.1, 0.15) is 6.54 Å². The molecule has 0 aliphatic carbocycles. The molecule has 1 atom stereocenters. The third-order valence-electron chi connectivity index (χ3n) is 6.80. The third kappa shape index (κ3) is 6.94. The van der Waals surface area contributed by atoms with Gasteiger partial charge in [0.15, 0.2) is 0 Å². The van der Waals surface area contributed by atoms with Gasteiger partial charge in [-0.05, 0) is 56.2 Å². The summed E-state index contributed by atoms with van der Waals surface area (Å²) in [5, 5.41) is 2.13. The highest BCUT2D eigenvalue weighted by Crippen LogP contribution is 2.38. The molecule has 0 fully saturated rings. The average molecular weight is 483 g/mol. The van der Waals surface area contributed by atoms with Crippen LogP contribution in [0, 0.1) is 0 Å². The standard InChI is InChI=1S/C29H42N2O2S/c1-5-6-7-8-9-10-14-17-26(32)31(29(2,3)4)22-27(33)30-20-18-25-24(19-21-34-25)28(30)23-15-12-11-13-16-23/h11-13,15-16,19,21,28H,5-10,14,17-18,20,22H2,1-4H3. The molecule has 1 aromatic carbocycles. The molecule has 186 valence electrons. The van der Waals surface area contributed by atoms with E-state index in [-0.39, 0.29) is 29.9 Å². The van der Waals surface area contributed by atoms with Crippen molar-refractivity contribution in [2.24, 2.45) is 0 Å². The zero-order chi connectivity index (χ0) is 24.6. The highest BCUT2D eigenvalue weighted by Gasteiger charge is 2.36. The van der Waals surface area contributed by atoms with Crippen LogP contribution in [0.25, 0.3) is 0 Å². The van der Waals surface area contributed by atoms with Crippen LogP contribution in [-0.4, -0.2) is 40.2 Å². The van der Waals surface area contributed by atoms with Crippen LogP contribution in [0.1, 0.15) is 101 Å². The summed E-state index contributed by atoms with van der Waals surface area (Å²) in [5.74, 6) is 0.132. The molecule has 1 aliphatic rings. The number of rotatable bonds is 11. The molecule has 1 aliphatic heterocycles. The molecule has 1 aromatic heterocycles. The summed E-state index contributed by atoms with van der Waals surface area (Å²) in [6.45, 7) is 9.16. The molecule has 3 rings (SSSR count). The van der Waals surface area contributed by atoms with Crippen molar-refractivity contribution in [2.45, 2.75) is 97.1 Å². The number of fused-ring (bicyclic) bond motifs is 1. The minimum Gasteiger partial charge on any atom is -0.330 e. The maximum Gasteiger partial charge on any atom is 0.243 e. The Labute approximate surface area is 210 Å². The molecule has 0 bridgehead atoms. The van der Waals surface area contributed by atoms with Gasteiger partial charge in [0.2, 0.25) is 11.8 Å². The Morgan fingerprint density at radius 1 is 1.00 bits per heavy atom. The molecule has 0 N–H and O–H groups in total. The number of thiophene rings is 1. The number of benzene rings is 1. The van der Waals surface area contributed by atoms with Crippen molar-refractivity contribution in [1.82, 2.24) is 9.80 Å². The first-order chi connectivity index (χ1) is 16.3. The van der Waals surface area contributed by atoms with Gasteiger partial charge in [0.05, 0.1) is 6.04 Å². The fourth-order valence-electron chi connectivity index (χ4n) is 4.87. The summed E-state index contributed by atoms with van der Waals surface area (Å²) < 4.78 is 0. The van der Waals surface area contributed by atoms with E-state index >= 15 is 0 Å². The Kier molecular flexibility index (Phi) is 9.75. The molecule has 1 unspecified atom stereocenters. The first-order valence-corrected chi connectivity index (χ1v) is 13.9. The zero-order valence-electron chi connectivity index (χ0n) is 21.5. The van der Waals surface area contributed by atoms with E-state index < -0.39 is 0 Å². The highest BCUT2D eigenvalue weighted by atomic mass is 32.1. The van der Waals surface area contributed by atoms with E-state index in [1.807, 2.05) is 43.9 Å². The molecule has 0 radical (unpaired) electrons. The fourth-order valence-corrected chi connectivity index (χ4v) is 5.78. The van der Waals surface area contributed by atoms with Crippen molar-refractivity contribution >= 4 is 23.2 Å². The lowest BCUT2D eigenvalue weighted by Gasteiger charge is -2.40. The SMILES string of the molecule is CCCCCCCCCC(=O)N(CC(=O)N1CCc2sccc2C1c1ccccc1)C(C)(C)C. The predicted octanol–water partition coefficient (Wildman–Crippen LogP) is 6.99. The van der Waals surface area contributed by atoms with Crippen molar-refractivity contribution in [3.8, 4) is 0 Å². The maximum atomic E-state index is 13.7. The molecule has 2 amide bonds. The lowest BCUT2D eigenvalue weighted by molar-refractivity contribution is -0.146. The average Bonchev–Trinajstić information content (AvgIpc) is 3.29. The number of carbonyl (C=O) groups is 2. The lowest BCUT2D eigenvalue weighted by atomic mass is 9.93. The van der Waals surface area contributed by atoms with Gasteiger partial charge in [0.25, 0.3) is 0 Å². The Bertz CT molecular complexity index is 916. The largest absolute Gasteiger partial charge is 0.330 e. The van der Waals surface area contributed by atoms with Crippen LogP contribution in [0.2, 0.25) is 0 Å². The second kappa shape index (κ2) is 12.5. The van der Waals surface area contributed by atoms with Gasteiger partial charge >= 0.3 is 0 Å². The quantitative estimate of drug-likeness (QED) is 0.324. The Morgan fingerprint density at radius 2 is 1.68 bits per heavy atom. The van der Waals surface area contributed by atoms with Crippen LogP contribution in [0.3, 0.4) is 0 Å². The summed E-state index contributed by atoms with van der Waals surface area (Å²) in [4.78, 5) is 32.1. The summed E-state index contributed by atoms with van der Waals surface area (Å²) >= 11 is 1.78. The maximum absolute atomic E-state index is 13.7. The number of amides is 2. The first-order valence-electron chi connectivity index (χ1n) is 13.0. The molecule has 0 spiro atoms. The molecule has 5 heteroatoms. The number of hydrogen-bond donors (Lipinski definition) is 0. The Balaban J connectivity index is 1.67. The Hall–Kier alpha value is -2.14. The van der Waals surface area contributed by atoms with Crippen molar-refractivity contribution in [3.05, 3.63) is 57.8 Å². The van der Waals surface area contributed by atoms with Crippen LogP contribution in [-0.2, 0) is 16.0 Å². The van der Waals surface area contributed by atoms with Crippen molar-refractivity contribution in [1.29, 1.82) is 0 Å². The molecular formula is C29H42N2O2S. The van der Waals surface area contributed by atoms with E-state index in [0.29, 0.717) is 13.0 Å². The highest BCUT2D eigenvalue weighted by molar-refractivity contribution is 7.10. The summed E-state index contributed by atoms with van der Waals surface area (Å²) in [6.07, 6.45) is 9.68. The molecule has 2 aromatic rings. The number of carbonyl (C=O) groups excluding carboxylic acids is 2. The molecule has 2 heterocycles. The molecule has 34 heavy (non-hydrogen) atoms. The van der Waals surface area contributed by atoms with E-state index in [9.17, 15) is 9.59 Å². The van der Waals surface area contributed by atoms with E-state index in [0.717, 1.165) is 24.8 Å². The molecule has 0 saturated heterocycles. The first kappa shape index (κ1) is 26.5. The molecule has 0 saturated carbocycles. The summed E-state index contributed by atoms with van der Waals surface area (Å²) in [5.41, 5.74) is 1.97. The Morgan fingerprint density at radius 3 is 2.35 bits per heavy atom. The monoisotopic (exact) mass is 482 g/mol. The minimum atomic E-state index is -0.389. The van der Waals surface area contributed by atoms with Crippen molar-refractivity contribution < 1.29 is 9.59 Å². The topological polar surface area (TPSA) is 40.6 Å². The van der Waals surface area contributed by atoms with Gasteiger partial charge in [-0.15, -0.1) is 11.3 Å². The van der Waals surface area contributed by atoms with Crippen molar-refractivity contribution in [3.63, 3.8) is 0 Å². The van der Waals surface area contributed by atoms with E-state index in [1.54, 1.807) is 16.2 Å². The smallest absolute Gasteiger partial charge is 0.243 e. The van der Waals surface area contributed by atoms with Gasteiger partial charge in [-0.1, -0.05) is 75.8 Å². The van der Waals surface area contributed by atoms with Gasteiger partial charge in [-0.2, -0.15) is 0 Å². The zero-order valence-corrected chi connectivity index (χ0v) is 22.3. The number of nitrogens with zero attached hydrogens (tertiary/aromatic N) is 2. The predicted molar refractivity (Wildman–Crippen MR) is 142 cm³/mol. The number of hydrogen-bond acceptors (Lipinski definition) is 3. The third-order valence-corrected chi connectivity index (χ3v) is 7.80. The summed E-state index contributed by atoms with van der Waals surface area (Å²) in [6, 6.07) is 12.4. The second-order valence-corrected chi connectivity index (χ2v) is 11.5. The molecule has 4 nitrogen and oxygen atoms in total. The van der Waals surface area contributed by atoms with Crippen LogP contribution >= 0.6 is 11.3 Å². The van der Waals surface area contributed by atoms with Gasteiger partial charge in [-0.3, -0.25) is 9.59 Å². The fraction of sp³-hybridized carbons (Fsp3) is 0.586. The van der Waals surface area contributed by atoms with Crippen molar-refractivity contribution in [2.75, 3.05) is 13.1 Å². The van der Waals surface area contributed by atoms with E-state index in [4.69, 9.17) is 0 Å². The van der Waals surface area contributed by atoms with Crippen LogP contribution in [0.5, 0.6) is 0 Å². The minimum absolute atomic E-state index is 0.0357. The normalized spacial score (nSPS) is 15.8. The second-order valence-electron chi connectivity index (χ2n) is 10.5. The van der Waals surface area contributed by atoms with E-state index in [1.165, 1.54) is 42.5 Å². The van der Waals surface area contributed by atoms with Crippen LogP contribution < -0.4 is 0 Å². The van der Waals surface area contributed by atoms with Gasteiger partial charge in [-0.25, -0.2) is 0 Å². The summed E-state index contributed by atoms with van der Waals surface area (Å²) in [7, 11) is 0. The van der Waals surface area contributed by atoms with E-state index in [2.05, 4.69) is 30.5 Å². The van der Waals surface area contributed by atoms with Crippen LogP contribution in [0.15, 0.2) is 41.8 Å².